The summed E-state index contributed by atoms with van der Waals surface area (Å²) >= 11 is 0. The number of nitrogens with zero attached hydrogens (tertiary/aromatic N) is 2. The summed E-state index contributed by atoms with van der Waals surface area (Å²) in [7, 11) is 1.59. The quantitative estimate of drug-likeness (QED) is 0.242. The summed E-state index contributed by atoms with van der Waals surface area (Å²) in [6, 6.07) is 18.2. The first kappa shape index (κ1) is 26.0. The minimum absolute atomic E-state index is 0.0797. The van der Waals surface area contributed by atoms with Crippen molar-refractivity contribution in [2.75, 3.05) is 30.0 Å². The zero-order valence-corrected chi connectivity index (χ0v) is 22.3. The van der Waals surface area contributed by atoms with Gasteiger partial charge in [-0.1, -0.05) is 29.8 Å². The van der Waals surface area contributed by atoms with E-state index >= 15 is 0 Å². The number of aliphatic hydroxyl groups is 1. The number of rotatable bonds is 7. The highest BCUT2D eigenvalue weighted by molar-refractivity contribution is 6.51. The number of ether oxygens (including phenoxy) is 1. The van der Waals surface area contributed by atoms with E-state index in [1.807, 2.05) is 75.4 Å². The Labute approximate surface area is 218 Å². The molecular weight excluding hydrogens is 464 g/mol. The Balaban J connectivity index is 1.91. The maximum atomic E-state index is 13.5. The fourth-order valence-corrected chi connectivity index (χ4v) is 5.08. The van der Waals surface area contributed by atoms with Crippen molar-refractivity contribution in [1.82, 2.24) is 0 Å². The molecule has 1 atom stereocenters. The third-order valence-electron chi connectivity index (χ3n) is 7.06. The number of amides is 1. The monoisotopic (exact) mass is 498 g/mol. The van der Waals surface area contributed by atoms with Gasteiger partial charge < -0.3 is 14.7 Å². The van der Waals surface area contributed by atoms with Gasteiger partial charge >= 0.3 is 0 Å². The number of carbonyl (C=O) groups is 2. The zero-order valence-electron chi connectivity index (χ0n) is 22.3. The van der Waals surface area contributed by atoms with Gasteiger partial charge in [-0.25, -0.2) is 0 Å². The number of methoxy groups -OCH3 is 1. The molecule has 0 saturated carbocycles. The van der Waals surface area contributed by atoms with Crippen LogP contribution in [0.4, 0.5) is 11.4 Å². The van der Waals surface area contributed by atoms with Crippen LogP contribution in [0.2, 0.25) is 0 Å². The Morgan fingerprint density at radius 3 is 2.22 bits per heavy atom. The van der Waals surface area contributed by atoms with Gasteiger partial charge in [0.05, 0.1) is 18.7 Å². The van der Waals surface area contributed by atoms with Crippen LogP contribution >= 0.6 is 0 Å². The second kappa shape index (κ2) is 10.5. The summed E-state index contributed by atoms with van der Waals surface area (Å²) in [5.41, 5.74) is 5.56. The molecule has 6 nitrogen and oxygen atoms in total. The Morgan fingerprint density at radius 1 is 0.946 bits per heavy atom. The van der Waals surface area contributed by atoms with E-state index in [-0.39, 0.29) is 11.3 Å². The Hall–Kier alpha value is -4.06. The smallest absolute Gasteiger partial charge is 0.300 e. The first-order chi connectivity index (χ1) is 17.7. The number of hydrogen-bond donors (Lipinski definition) is 1. The fourth-order valence-electron chi connectivity index (χ4n) is 5.08. The number of aryl methyl sites for hydroxylation is 3. The normalized spacial score (nSPS) is 16.8. The summed E-state index contributed by atoms with van der Waals surface area (Å²) in [6.07, 6.45) is 0. The van der Waals surface area contributed by atoms with Crippen LogP contribution in [0, 0.1) is 20.8 Å². The van der Waals surface area contributed by atoms with Gasteiger partial charge in [-0.2, -0.15) is 0 Å². The molecule has 3 aromatic carbocycles. The summed E-state index contributed by atoms with van der Waals surface area (Å²) in [5, 5.41) is 11.6. The lowest BCUT2D eigenvalue weighted by atomic mass is 9.92. The van der Waals surface area contributed by atoms with Crippen LogP contribution in [0.3, 0.4) is 0 Å². The van der Waals surface area contributed by atoms with Crippen molar-refractivity contribution in [3.8, 4) is 5.75 Å². The van der Waals surface area contributed by atoms with Gasteiger partial charge in [0.1, 0.15) is 11.5 Å². The predicted octanol–water partition coefficient (Wildman–Crippen LogP) is 6.09. The van der Waals surface area contributed by atoms with Crippen molar-refractivity contribution < 1.29 is 19.4 Å². The summed E-state index contributed by atoms with van der Waals surface area (Å²) in [5.74, 6) is -0.857. The minimum Gasteiger partial charge on any atom is -0.507 e. The number of hydrogen-bond acceptors (Lipinski definition) is 5. The van der Waals surface area contributed by atoms with Crippen molar-refractivity contribution in [2.24, 2.45) is 0 Å². The van der Waals surface area contributed by atoms with E-state index in [4.69, 9.17) is 4.74 Å². The first-order valence-corrected chi connectivity index (χ1v) is 12.6. The summed E-state index contributed by atoms with van der Waals surface area (Å²) < 4.78 is 5.41. The van der Waals surface area contributed by atoms with Crippen LogP contribution in [0.15, 0.2) is 66.2 Å². The lowest BCUT2D eigenvalue weighted by Crippen LogP contribution is -2.29. The maximum absolute atomic E-state index is 13.5. The third-order valence-corrected chi connectivity index (χ3v) is 7.06. The Bertz CT molecular complexity index is 1370. The van der Waals surface area contributed by atoms with Crippen LogP contribution in [-0.4, -0.2) is 37.0 Å². The number of anilines is 2. The van der Waals surface area contributed by atoms with Gasteiger partial charge in [0.25, 0.3) is 11.7 Å². The molecule has 1 N–H and O–H groups in total. The molecule has 1 saturated heterocycles. The minimum atomic E-state index is -0.763. The molecule has 0 spiro atoms. The molecule has 192 valence electrons. The van der Waals surface area contributed by atoms with Crippen LogP contribution in [-0.2, 0) is 9.59 Å². The van der Waals surface area contributed by atoms with Crippen molar-refractivity contribution >= 4 is 28.8 Å². The number of benzene rings is 3. The van der Waals surface area contributed by atoms with Crippen LogP contribution < -0.4 is 14.5 Å². The van der Waals surface area contributed by atoms with E-state index in [0.29, 0.717) is 17.0 Å². The van der Waals surface area contributed by atoms with E-state index in [9.17, 15) is 14.7 Å². The second-order valence-corrected chi connectivity index (χ2v) is 9.41. The van der Waals surface area contributed by atoms with E-state index < -0.39 is 17.7 Å². The molecule has 1 fully saturated rings. The lowest BCUT2D eigenvalue weighted by Gasteiger charge is -2.27. The van der Waals surface area contributed by atoms with Crippen molar-refractivity contribution in [2.45, 2.75) is 40.7 Å². The van der Waals surface area contributed by atoms with E-state index in [2.05, 4.69) is 18.7 Å². The second-order valence-electron chi connectivity index (χ2n) is 9.41. The molecule has 1 aliphatic rings. The average Bonchev–Trinajstić information content (AvgIpc) is 3.16. The average molecular weight is 499 g/mol. The molecule has 1 amide bonds. The van der Waals surface area contributed by atoms with E-state index in [1.54, 1.807) is 13.2 Å². The number of ketones is 1. The molecule has 0 radical (unpaired) electrons. The van der Waals surface area contributed by atoms with E-state index in [1.165, 1.54) is 4.90 Å². The molecule has 6 heteroatoms. The zero-order chi connectivity index (χ0) is 26.9. The molecule has 4 rings (SSSR count). The number of Topliss-reactive ketones (excluding diaryl/α,β-unsaturated/α-hetero) is 1. The van der Waals surface area contributed by atoms with Gasteiger partial charge in [0, 0.05) is 30.0 Å². The largest absolute Gasteiger partial charge is 0.507 e. The number of carbonyl (C=O) groups excluding carboxylic acids is 2. The Kier molecular flexibility index (Phi) is 7.39. The lowest BCUT2D eigenvalue weighted by molar-refractivity contribution is -0.132. The summed E-state index contributed by atoms with van der Waals surface area (Å²) in [6.45, 7) is 11.6. The molecule has 0 bridgehead atoms. The molecule has 37 heavy (non-hydrogen) atoms. The van der Waals surface area contributed by atoms with Crippen molar-refractivity contribution in [1.29, 1.82) is 0 Å². The molecule has 0 aliphatic carbocycles. The fraction of sp³-hybridized carbons (Fsp3) is 0.290. The maximum Gasteiger partial charge on any atom is 0.300 e. The van der Waals surface area contributed by atoms with Gasteiger partial charge in [-0.15, -0.1) is 0 Å². The predicted molar refractivity (Wildman–Crippen MR) is 148 cm³/mol. The third kappa shape index (κ3) is 4.71. The summed E-state index contributed by atoms with van der Waals surface area (Å²) in [4.78, 5) is 30.7. The number of aliphatic hydroxyl groups excluding tert-OH is 1. The van der Waals surface area contributed by atoms with Crippen LogP contribution in [0.5, 0.6) is 5.75 Å². The topological polar surface area (TPSA) is 70.1 Å². The molecule has 0 aromatic heterocycles. The van der Waals surface area contributed by atoms with Crippen LogP contribution in [0.25, 0.3) is 5.76 Å². The molecule has 1 heterocycles. The van der Waals surface area contributed by atoms with Crippen molar-refractivity contribution in [3.05, 3.63) is 94.1 Å². The highest BCUT2D eigenvalue weighted by atomic mass is 16.5. The van der Waals surface area contributed by atoms with Gasteiger partial charge in [-0.05, 0) is 87.7 Å². The van der Waals surface area contributed by atoms with Gasteiger partial charge in [0.2, 0.25) is 0 Å². The SMILES string of the molecule is CCN(CC)c1ccc(N2C(=O)C(=O)/C(=C(/O)c3cc(C)c(OC)cc3C)C2c2cccc(C)c2)cc1. The van der Waals surface area contributed by atoms with Crippen LogP contribution in [0.1, 0.15) is 47.7 Å². The van der Waals surface area contributed by atoms with Gasteiger partial charge in [0.15, 0.2) is 0 Å². The highest BCUT2D eigenvalue weighted by Crippen LogP contribution is 2.43. The highest BCUT2D eigenvalue weighted by Gasteiger charge is 2.47. The Morgan fingerprint density at radius 2 is 1.62 bits per heavy atom. The molecule has 3 aromatic rings. The standard InChI is InChI=1S/C31H34N2O4/c1-7-32(8-2)23-12-14-24(15-13-23)33-28(22-11-9-10-19(3)16-22)27(30(35)31(33)36)29(34)25-17-21(5)26(37-6)18-20(25)4/h9-18,28,34H,7-8H2,1-6H3/b29-27+. The molecule has 1 aliphatic heterocycles. The van der Waals surface area contributed by atoms with Gasteiger partial charge in [-0.3, -0.25) is 14.5 Å². The molecule has 1 unspecified atom stereocenters. The first-order valence-electron chi connectivity index (χ1n) is 12.6. The molecular formula is C31H34N2O4. The van der Waals surface area contributed by atoms with E-state index in [0.717, 1.165) is 41.0 Å². The van der Waals surface area contributed by atoms with Crippen molar-refractivity contribution in [3.63, 3.8) is 0 Å².